The standard InChI is InChI=1S/C20H44P.C6H6O3S.ClH/c1-5-9-13-14-15-16-20-21(17-10-6-2,18-11-7-3)19-12-8-4;7-10(8,9)6-4-2-1-3-5-6;/h5-20H2,1-4H3;1-5H,(H,7,8,9);1H/q+1;;. The first-order valence-corrected chi connectivity index (χ1v) is 16.7. The smallest absolute Gasteiger partial charge is 0.282 e. The van der Waals surface area contributed by atoms with Gasteiger partial charge in [-0.15, -0.1) is 12.4 Å². The molecule has 0 saturated carbocycles. The van der Waals surface area contributed by atoms with Gasteiger partial charge in [-0.25, -0.2) is 0 Å². The Morgan fingerprint density at radius 1 is 0.625 bits per heavy atom. The molecular formula is C26H51ClO3PS+. The Balaban J connectivity index is 0. The Bertz CT molecular complexity index is 601. The molecule has 3 nitrogen and oxygen atoms in total. The van der Waals surface area contributed by atoms with Gasteiger partial charge in [0.15, 0.2) is 0 Å². The number of benzene rings is 1. The molecule has 0 aromatic heterocycles. The maximum atomic E-state index is 10.4. The molecule has 0 unspecified atom stereocenters. The van der Waals surface area contributed by atoms with Gasteiger partial charge in [-0.2, -0.15) is 8.42 Å². The summed E-state index contributed by atoms with van der Waals surface area (Å²) in [6.07, 6.45) is 24.0. The lowest BCUT2D eigenvalue weighted by Crippen LogP contribution is -2.13. The van der Waals surface area contributed by atoms with Gasteiger partial charge in [0.2, 0.25) is 0 Å². The van der Waals surface area contributed by atoms with Crippen LogP contribution in [0.5, 0.6) is 0 Å². The van der Waals surface area contributed by atoms with E-state index in [2.05, 4.69) is 27.7 Å². The fraction of sp³-hybridized carbons (Fsp3) is 0.769. The molecule has 0 spiro atoms. The van der Waals surface area contributed by atoms with Crippen LogP contribution < -0.4 is 0 Å². The van der Waals surface area contributed by atoms with Gasteiger partial charge in [0, 0.05) is 7.26 Å². The Hall–Kier alpha value is -0.150. The van der Waals surface area contributed by atoms with Gasteiger partial charge in [-0.3, -0.25) is 4.55 Å². The first-order chi connectivity index (χ1) is 14.8. The second kappa shape index (κ2) is 21.4. The molecule has 0 saturated heterocycles. The van der Waals surface area contributed by atoms with E-state index in [1.54, 1.807) is 42.8 Å². The van der Waals surface area contributed by atoms with Crippen LogP contribution in [0.15, 0.2) is 35.2 Å². The van der Waals surface area contributed by atoms with Crippen molar-refractivity contribution in [3.05, 3.63) is 30.3 Å². The molecular weight excluding hydrogens is 459 g/mol. The van der Waals surface area contributed by atoms with Gasteiger partial charge in [0.25, 0.3) is 10.1 Å². The number of hydrogen-bond donors (Lipinski definition) is 1. The molecule has 1 aromatic carbocycles. The van der Waals surface area contributed by atoms with E-state index in [0.29, 0.717) is 0 Å². The highest BCUT2D eigenvalue weighted by molar-refractivity contribution is 7.85. The lowest BCUT2D eigenvalue weighted by atomic mass is 10.1. The lowest BCUT2D eigenvalue weighted by molar-refractivity contribution is 0.483. The largest absolute Gasteiger partial charge is 0.294 e. The molecule has 0 heterocycles. The summed E-state index contributed by atoms with van der Waals surface area (Å²) >= 11 is 0. The summed E-state index contributed by atoms with van der Waals surface area (Å²) in [6.45, 7) is 9.44. The van der Waals surface area contributed by atoms with Crippen molar-refractivity contribution in [3.8, 4) is 0 Å². The van der Waals surface area contributed by atoms with Gasteiger partial charge in [-0.05, 0) is 44.2 Å². The molecule has 0 aliphatic carbocycles. The maximum Gasteiger partial charge on any atom is 0.294 e. The molecule has 32 heavy (non-hydrogen) atoms. The zero-order valence-electron chi connectivity index (χ0n) is 21.2. The summed E-state index contributed by atoms with van der Waals surface area (Å²) in [7, 11) is -4.60. The van der Waals surface area contributed by atoms with E-state index in [-0.39, 0.29) is 17.3 Å². The van der Waals surface area contributed by atoms with Crippen molar-refractivity contribution in [1.82, 2.24) is 0 Å². The Morgan fingerprint density at radius 3 is 1.38 bits per heavy atom. The van der Waals surface area contributed by atoms with Crippen LogP contribution in [0.1, 0.15) is 105 Å². The molecule has 0 bridgehead atoms. The monoisotopic (exact) mass is 509 g/mol. The van der Waals surface area contributed by atoms with Gasteiger partial charge in [0.1, 0.15) is 0 Å². The molecule has 0 aliphatic rings. The quantitative estimate of drug-likeness (QED) is 0.129. The van der Waals surface area contributed by atoms with Crippen molar-refractivity contribution < 1.29 is 13.0 Å². The third-order valence-corrected chi connectivity index (χ3v) is 11.9. The maximum absolute atomic E-state index is 10.4. The highest BCUT2D eigenvalue weighted by Crippen LogP contribution is 2.61. The van der Waals surface area contributed by atoms with E-state index in [4.69, 9.17) is 4.55 Å². The summed E-state index contributed by atoms with van der Waals surface area (Å²) in [5.41, 5.74) is 0. The van der Waals surface area contributed by atoms with Crippen LogP contribution in [0.4, 0.5) is 0 Å². The number of halogens is 1. The van der Waals surface area contributed by atoms with E-state index in [1.807, 2.05) is 0 Å². The van der Waals surface area contributed by atoms with E-state index in [0.717, 1.165) is 0 Å². The summed E-state index contributed by atoms with van der Waals surface area (Å²) in [5.74, 6) is 0. The number of unbranched alkanes of at least 4 members (excludes halogenated alkanes) is 8. The molecule has 0 atom stereocenters. The molecule has 1 rings (SSSR count). The van der Waals surface area contributed by atoms with Crippen molar-refractivity contribution in [3.63, 3.8) is 0 Å². The van der Waals surface area contributed by atoms with Crippen molar-refractivity contribution in [1.29, 1.82) is 0 Å². The molecule has 1 N–H and O–H groups in total. The second-order valence-electron chi connectivity index (χ2n) is 8.85. The molecule has 0 radical (unpaired) electrons. The predicted molar refractivity (Wildman–Crippen MR) is 148 cm³/mol. The predicted octanol–water partition coefficient (Wildman–Crippen LogP) is 9.12. The number of rotatable bonds is 17. The summed E-state index contributed by atoms with van der Waals surface area (Å²) in [6, 6.07) is 7.42. The van der Waals surface area contributed by atoms with Crippen molar-refractivity contribution in [2.75, 3.05) is 24.6 Å². The third-order valence-electron chi connectivity index (χ3n) is 5.99. The minimum Gasteiger partial charge on any atom is -0.282 e. The van der Waals surface area contributed by atoms with Gasteiger partial charge >= 0.3 is 0 Å². The van der Waals surface area contributed by atoms with Crippen LogP contribution in [-0.2, 0) is 10.1 Å². The first-order valence-electron chi connectivity index (χ1n) is 12.7. The van der Waals surface area contributed by atoms with E-state index in [9.17, 15) is 8.42 Å². The van der Waals surface area contributed by atoms with Gasteiger partial charge < -0.3 is 0 Å². The molecule has 6 heteroatoms. The zero-order valence-corrected chi connectivity index (χ0v) is 23.8. The number of hydrogen-bond acceptors (Lipinski definition) is 2. The van der Waals surface area contributed by atoms with Crippen LogP contribution in [0.3, 0.4) is 0 Å². The highest BCUT2D eigenvalue weighted by Gasteiger charge is 2.34. The van der Waals surface area contributed by atoms with Gasteiger partial charge in [0.05, 0.1) is 29.5 Å². The van der Waals surface area contributed by atoms with E-state index in [1.165, 1.54) is 89.2 Å². The molecule has 0 fully saturated rings. The normalized spacial score (nSPS) is 11.4. The van der Waals surface area contributed by atoms with Gasteiger partial charge in [-0.1, -0.05) is 90.8 Å². The Morgan fingerprint density at radius 2 is 1.00 bits per heavy atom. The minimum absolute atomic E-state index is 0. The fourth-order valence-corrected chi connectivity index (χ4v) is 9.67. The van der Waals surface area contributed by atoms with E-state index < -0.39 is 17.4 Å². The summed E-state index contributed by atoms with van der Waals surface area (Å²) in [5, 5.41) is 0. The van der Waals surface area contributed by atoms with Crippen molar-refractivity contribution >= 4 is 29.8 Å². The van der Waals surface area contributed by atoms with Crippen LogP contribution in [0.2, 0.25) is 0 Å². The minimum atomic E-state index is -4.00. The third kappa shape index (κ3) is 17.3. The molecule has 0 amide bonds. The Labute approximate surface area is 207 Å². The van der Waals surface area contributed by atoms with E-state index >= 15 is 0 Å². The highest BCUT2D eigenvalue weighted by atomic mass is 35.5. The van der Waals surface area contributed by atoms with Crippen LogP contribution in [-0.4, -0.2) is 37.6 Å². The van der Waals surface area contributed by atoms with Crippen LogP contribution in [0.25, 0.3) is 0 Å². The summed E-state index contributed by atoms with van der Waals surface area (Å²) in [4.78, 5) is -0.0741. The van der Waals surface area contributed by atoms with Crippen LogP contribution >= 0.6 is 19.7 Å². The molecule has 190 valence electrons. The average Bonchev–Trinajstić information content (AvgIpc) is 2.77. The zero-order chi connectivity index (χ0) is 23.4. The molecule has 1 aromatic rings. The SMILES string of the molecule is CCCCCCCC[P+](CCCC)(CCCC)CCCC.Cl.O=S(=O)(O)c1ccccc1. The topological polar surface area (TPSA) is 54.4 Å². The lowest BCUT2D eigenvalue weighted by Gasteiger charge is -2.28. The Kier molecular flexibility index (Phi) is 22.7. The average molecular weight is 510 g/mol. The van der Waals surface area contributed by atoms with Crippen molar-refractivity contribution in [2.24, 2.45) is 0 Å². The van der Waals surface area contributed by atoms with Crippen molar-refractivity contribution in [2.45, 2.75) is 110 Å². The fourth-order valence-electron chi connectivity index (χ4n) is 3.97. The second-order valence-corrected chi connectivity index (χ2v) is 14.7. The van der Waals surface area contributed by atoms with Crippen LogP contribution in [0, 0.1) is 0 Å². The summed E-state index contributed by atoms with van der Waals surface area (Å²) < 4.78 is 29.2. The first kappa shape index (κ1) is 34.0. The molecule has 0 aliphatic heterocycles.